The molecule has 0 aromatic heterocycles. The predicted molar refractivity (Wildman–Crippen MR) is 96.9 cm³/mol. The number of hydrogen-bond acceptors (Lipinski definition) is 4. The van der Waals surface area contributed by atoms with E-state index in [1.165, 1.54) is 12.3 Å². The Morgan fingerprint density at radius 3 is 2.60 bits per heavy atom. The molecule has 2 aromatic rings. The molecule has 130 valence electrons. The van der Waals surface area contributed by atoms with Gasteiger partial charge in [-0.3, -0.25) is 4.79 Å². The van der Waals surface area contributed by atoms with Gasteiger partial charge in [-0.15, -0.1) is 0 Å². The van der Waals surface area contributed by atoms with Crippen molar-refractivity contribution in [3.63, 3.8) is 0 Å². The summed E-state index contributed by atoms with van der Waals surface area (Å²) < 4.78 is 0. The van der Waals surface area contributed by atoms with Gasteiger partial charge in [0.25, 0.3) is 5.91 Å². The standard InChI is InChI=1S/C18H20N4O3/c1-2-10-19-18(25)21-15-8-6-14(7-9-15)17(24)22-20-12-13-4-3-5-16(23)11-13/h3-9,11-12,23H,2,10H2,1H3,(H,22,24)(H2,19,21,25)/b20-12-. The van der Waals surface area contributed by atoms with E-state index in [0.717, 1.165) is 6.42 Å². The predicted octanol–water partition coefficient (Wildman–Crippen LogP) is 2.69. The topological polar surface area (TPSA) is 103 Å². The molecule has 3 amide bonds. The molecule has 0 atom stereocenters. The molecule has 0 bridgehead atoms. The fourth-order valence-corrected chi connectivity index (χ4v) is 1.95. The SMILES string of the molecule is CCCNC(=O)Nc1ccc(C(=O)N/N=C\c2cccc(O)c2)cc1. The summed E-state index contributed by atoms with van der Waals surface area (Å²) in [4.78, 5) is 23.6. The second-order valence-corrected chi connectivity index (χ2v) is 5.25. The lowest BCUT2D eigenvalue weighted by molar-refractivity contribution is 0.0955. The quantitative estimate of drug-likeness (QED) is 0.480. The molecule has 0 spiro atoms. The van der Waals surface area contributed by atoms with Crippen LogP contribution in [0, 0.1) is 0 Å². The van der Waals surface area contributed by atoms with Crippen LogP contribution in [0.4, 0.5) is 10.5 Å². The summed E-state index contributed by atoms with van der Waals surface area (Å²) in [5.41, 5.74) is 4.07. The average Bonchev–Trinajstić information content (AvgIpc) is 2.60. The molecule has 0 unspecified atom stereocenters. The first-order valence-corrected chi connectivity index (χ1v) is 7.86. The van der Waals surface area contributed by atoms with Crippen molar-refractivity contribution in [2.45, 2.75) is 13.3 Å². The van der Waals surface area contributed by atoms with E-state index in [1.807, 2.05) is 6.92 Å². The molecule has 0 aliphatic rings. The smallest absolute Gasteiger partial charge is 0.319 e. The Bertz CT molecular complexity index is 757. The number of phenols is 1. The van der Waals surface area contributed by atoms with Crippen LogP contribution in [0.5, 0.6) is 5.75 Å². The number of benzene rings is 2. The van der Waals surface area contributed by atoms with Crippen molar-refractivity contribution < 1.29 is 14.7 Å². The molecule has 2 aromatic carbocycles. The van der Waals surface area contributed by atoms with E-state index in [-0.39, 0.29) is 17.7 Å². The zero-order valence-corrected chi connectivity index (χ0v) is 13.8. The molecule has 0 saturated heterocycles. The second kappa shape index (κ2) is 9.07. The van der Waals surface area contributed by atoms with Gasteiger partial charge in [-0.1, -0.05) is 19.1 Å². The lowest BCUT2D eigenvalue weighted by Gasteiger charge is -2.07. The highest BCUT2D eigenvalue weighted by Gasteiger charge is 2.05. The number of nitrogens with zero attached hydrogens (tertiary/aromatic N) is 1. The van der Waals surface area contributed by atoms with Gasteiger partial charge < -0.3 is 15.7 Å². The Morgan fingerprint density at radius 2 is 1.92 bits per heavy atom. The summed E-state index contributed by atoms with van der Waals surface area (Å²) >= 11 is 0. The molecule has 7 nitrogen and oxygen atoms in total. The number of hydrogen-bond donors (Lipinski definition) is 4. The van der Waals surface area contributed by atoms with E-state index in [4.69, 9.17) is 0 Å². The Labute approximate surface area is 145 Å². The molecule has 0 aliphatic carbocycles. The van der Waals surface area contributed by atoms with Gasteiger partial charge in [-0.2, -0.15) is 5.10 Å². The van der Waals surface area contributed by atoms with Gasteiger partial charge in [0.05, 0.1) is 6.21 Å². The van der Waals surface area contributed by atoms with Crippen LogP contribution in [0.2, 0.25) is 0 Å². The van der Waals surface area contributed by atoms with Crippen LogP contribution in [0.15, 0.2) is 53.6 Å². The highest BCUT2D eigenvalue weighted by molar-refractivity contribution is 5.96. The van der Waals surface area contributed by atoms with Crippen LogP contribution in [-0.2, 0) is 0 Å². The third-order valence-electron chi connectivity index (χ3n) is 3.19. The van der Waals surface area contributed by atoms with Gasteiger partial charge in [0.1, 0.15) is 5.75 Å². The van der Waals surface area contributed by atoms with E-state index in [1.54, 1.807) is 42.5 Å². The van der Waals surface area contributed by atoms with Crippen LogP contribution >= 0.6 is 0 Å². The van der Waals surface area contributed by atoms with Gasteiger partial charge in [-0.25, -0.2) is 10.2 Å². The van der Waals surface area contributed by atoms with Crippen molar-refractivity contribution in [3.05, 3.63) is 59.7 Å². The number of urea groups is 1. The van der Waals surface area contributed by atoms with Crippen molar-refractivity contribution in [1.29, 1.82) is 0 Å². The first kappa shape index (κ1) is 18.0. The first-order valence-electron chi connectivity index (χ1n) is 7.86. The van der Waals surface area contributed by atoms with Crippen molar-refractivity contribution in [1.82, 2.24) is 10.7 Å². The van der Waals surface area contributed by atoms with Crippen molar-refractivity contribution in [3.8, 4) is 5.75 Å². The minimum absolute atomic E-state index is 0.126. The molecule has 2 rings (SSSR count). The lowest BCUT2D eigenvalue weighted by atomic mass is 10.2. The first-order chi connectivity index (χ1) is 12.1. The largest absolute Gasteiger partial charge is 0.508 e. The van der Waals surface area contributed by atoms with Gasteiger partial charge >= 0.3 is 6.03 Å². The zero-order valence-electron chi connectivity index (χ0n) is 13.8. The van der Waals surface area contributed by atoms with Crippen molar-refractivity contribution >= 4 is 23.8 Å². The highest BCUT2D eigenvalue weighted by atomic mass is 16.3. The van der Waals surface area contributed by atoms with E-state index in [9.17, 15) is 14.7 Å². The summed E-state index contributed by atoms with van der Waals surface area (Å²) in [5, 5.41) is 18.6. The minimum atomic E-state index is -0.376. The molecule has 0 heterocycles. The number of rotatable bonds is 6. The van der Waals surface area contributed by atoms with E-state index >= 15 is 0 Å². The summed E-state index contributed by atoms with van der Waals surface area (Å²) in [5.74, 6) is -0.250. The van der Waals surface area contributed by atoms with Crippen LogP contribution in [-0.4, -0.2) is 29.8 Å². The fourth-order valence-electron chi connectivity index (χ4n) is 1.95. The Morgan fingerprint density at radius 1 is 1.16 bits per heavy atom. The van der Waals surface area contributed by atoms with Gasteiger partial charge in [0.15, 0.2) is 0 Å². The van der Waals surface area contributed by atoms with E-state index in [2.05, 4.69) is 21.2 Å². The molecule has 0 fully saturated rings. The van der Waals surface area contributed by atoms with Crippen LogP contribution in [0.1, 0.15) is 29.3 Å². The number of carbonyl (C=O) groups excluding carboxylic acids is 2. The third kappa shape index (κ3) is 5.98. The van der Waals surface area contributed by atoms with E-state index < -0.39 is 0 Å². The molecule has 0 saturated carbocycles. The van der Waals surface area contributed by atoms with E-state index in [0.29, 0.717) is 23.4 Å². The third-order valence-corrected chi connectivity index (χ3v) is 3.19. The summed E-state index contributed by atoms with van der Waals surface area (Å²) in [6.45, 7) is 2.57. The minimum Gasteiger partial charge on any atom is -0.508 e. The summed E-state index contributed by atoms with van der Waals surface area (Å²) in [7, 11) is 0. The van der Waals surface area contributed by atoms with Crippen LogP contribution in [0.3, 0.4) is 0 Å². The Hall–Kier alpha value is -3.35. The molecule has 4 N–H and O–H groups in total. The van der Waals surface area contributed by atoms with Crippen LogP contribution < -0.4 is 16.1 Å². The number of anilines is 1. The number of carbonyl (C=O) groups is 2. The fraction of sp³-hybridized carbons (Fsp3) is 0.167. The summed E-state index contributed by atoms with van der Waals surface area (Å²) in [6.07, 6.45) is 2.29. The number of aromatic hydroxyl groups is 1. The number of hydrazone groups is 1. The van der Waals surface area contributed by atoms with Crippen molar-refractivity contribution in [2.24, 2.45) is 5.10 Å². The average molecular weight is 340 g/mol. The Balaban J connectivity index is 1.88. The van der Waals surface area contributed by atoms with Gasteiger partial charge in [0, 0.05) is 17.8 Å². The highest BCUT2D eigenvalue weighted by Crippen LogP contribution is 2.10. The monoisotopic (exact) mass is 340 g/mol. The van der Waals surface area contributed by atoms with Crippen LogP contribution in [0.25, 0.3) is 0 Å². The van der Waals surface area contributed by atoms with Crippen molar-refractivity contribution in [2.75, 3.05) is 11.9 Å². The number of amides is 3. The number of nitrogens with one attached hydrogen (secondary N) is 3. The van der Waals surface area contributed by atoms with Gasteiger partial charge in [0.2, 0.25) is 0 Å². The molecule has 7 heteroatoms. The Kier molecular flexibility index (Phi) is 6.53. The normalized spacial score (nSPS) is 10.4. The molecular formula is C18H20N4O3. The maximum Gasteiger partial charge on any atom is 0.319 e. The molecule has 0 radical (unpaired) electrons. The number of phenolic OH excluding ortho intramolecular Hbond substituents is 1. The summed E-state index contributed by atoms with van der Waals surface area (Å²) in [6, 6.07) is 12.7. The zero-order chi connectivity index (χ0) is 18.1. The van der Waals surface area contributed by atoms with Gasteiger partial charge in [-0.05, 0) is 48.4 Å². The lowest BCUT2D eigenvalue weighted by Crippen LogP contribution is -2.29. The molecular weight excluding hydrogens is 320 g/mol. The maximum absolute atomic E-state index is 12.0. The molecule has 25 heavy (non-hydrogen) atoms. The molecule has 0 aliphatic heterocycles. The maximum atomic E-state index is 12.0. The second-order valence-electron chi connectivity index (χ2n) is 5.25.